The molecule has 0 bridgehead atoms. The van der Waals surface area contributed by atoms with Crippen LogP contribution in [0.5, 0.6) is 0 Å². The SMILES string of the molecule is O=c1/c(=C(\O)C(F)(F)F)c(=O)n2c3ncccc3sc3cccc1c3-2. The van der Waals surface area contributed by atoms with Gasteiger partial charge < -0.3 is 5.11 Å². The van der Waals surface area contributed by atoms with Gasteiger partial charge in [-0.05, 0) is 24.3 Å². The van der Waals surface area contributed by atoms with Crippen LogP contribution in [0.1, 0.15) is 0 Å². The summed E-state index contributed by atoms with van der Waals surface area (Å²) >= 11 is 1.26. The molecule has 0 spiro atoms. The van der Waals surface area contributed by atoms with Crippen LogP contribution in [0.3, 0.4) is 0 Å². The first-order chi connectivity index (χ1) is 11.8. The van der Waals surface area contributed by atoms with Crippen molar-refractivity contribution in [2.24, 2.45) is 0 Å². The Morgan fingerprint density at radius 2 is 1.84 bits per heavy atom. The first-order valence-corrected chi connectivity index (χ1v) is 7.78. The minimum Gasteiger partial charge on any atom is -0.504 e. The van der Waals surface area contributed by atoms with Crippen molar-refractivity contribution < 1.29 is 18.3 Å². The normalized spacial score (nSPS) is 13.7. The molecule has 4 rings (SSSR count). The number of aromatic nitrogens is 2. The number of halogens is 3. The molecule has 0 radical (unpaired) electrons. The topological polar surface area (TPSA) is 72.2 Å². The van der Waals surface area contributed by atoms with Crippen LogP contribution in [0.15, 0.2) is 46.1 Å². The van der Waals surface area contributed by atoms with Crippen molar-refractivity contribution in [1.82, 2.24) is 9.55 Å². The second-order valence-corrected chi connectivity index (χ2v) is 6.35. The largest absolute Gasteiger partial charge is 0.504 e. The summed E-state index contributed by atoms with van der Waals surface area (Å²) in [6.07, 6.45) is -3.82. The summed E-state index contributed by atoms with van der Waals surface area (Å²) in [4.78, 5) is 29.2. The Bertz CT molecular complexity index is 1290. The van der Waals surface area contributed by atoms with Crippen molar-refractivity contribution in [2.75, 3.05) is 0 Å². The monoisotopic (exact) mass is 364 g/mol. The predicted octanol–water partition coefficient (Wildman–Crippen LogP) is 2.35. The number of rotatable bonds is 0. The highest BCUT2D eigenvalue weighted by Crippen LogP contribution is 2.31. The molecule has 0 saturated carbocycles. The van der Waals surface area contributed by atoms with E-state index in [9.17, 15) is 27.9 Å². The van der Waals surface area contributed by atoms with Crippen LogP contribution in [0, 0.1) is 0 Å². The van der Waals surface area contributed by atoms with E-state index in [-0.39, 0.29) is 16.7 Å². The van der Waals surface area contributed by atoms with Crippen molar-refractivity contribution >= 4 is 37.5 Å². The lowest BCUT2D eigenvalue weighted by atomic mass is 10.1. The van der Waals surface area contributed by atoms with E-state index in [1.54, 1.807) is 18.2 Å². The number of hydrogen-bond acceptors (Lipinski definition) is 5. The number of hydrogen-bond donors (Lipinski definition) is 1. The third-order valence-electron chi connectivity index (χ3n) is 3.80. The predicted molar refractivity (Wildman–Crippen MR) is 87.5 cm³/mol. The number of aliphatic hydroxyl groups is 1. The lowest BCUT2D eigenvalue weighted by Gasteiger charge is -2.15. The molecule has 126 valence electrons. The Morgan fingerprint density at radius 1 is 1.12 bits per heavy atom. The van der Waals surface area contributed by atoms with Gasteiger partial charge in [-0.1, -0.05) is 6.07 Å². The number of alkyl halides is 3. The molecule has 25 heavy (non-hydrogen) atoms. The molecule has 0 unspecified atom stereocenters. The van der Waals surface area contributed by atoms with Crippen LogP contribution in [-0.4, -0.2) is 20.8 Å². The number of para-hydroxylation sites is 1. The molecule has 0 saturated heterocycles. The average molecular weight is 364 g/mol. The van der Waals surface area contributed by atoms with Gasteiger partial charge in [0.05, 0.1) is 15.1 Å². The van der Waals surface area contributed by atoms with Gasteiger partial charge in [-0.15, -0.1) is 11.3 Å². The van der Waals surface area contributed by atoms with Crippen LogP contribution >= 0.6 is 11.3 Å². The van der Waals surface area contributed by atoms with Crippen LogP contribution in [-0.2, 0) is 0 Å². The van der Waals surface area contributed by atoms with Crippen LogP contribution in [0.25, 0.3) is 31.9 Å². The van der Waals surface area contributed by atoms with Crippen molar-refractivity contribution in [3.63, 3.8) is 0 Å². The Kier molecular flexibility index (Phi) is 3.13. The highest BCUT2D eigenvalue weighted by Gasteiger charge is 2.37. The Balaban J connectivity index is 2.46. The first kappa shape index (κ1) is 15.6. The van der Waals surface area contributed by atoms with Gasteiger partial charge in [0.25, 0.3) is 5.56 Å². The highest BCUT2D eigenvalue weighted by molar-refractivity contribution is 7.24. The van der Waals surface area contributed by atoms with Gasteiger partial charge in [-0.25, -0.2) is 4.98 Å². The van der Waals surface area contributed by atoms with Gasteiger partial charge in [0.15, 0.2) is 5.65 Å². The minimum absolute atomic E-state index is 0.0910. The maximum absolute atomic E-state index is 12.9. The van der Waals surface area contributed by atoms with Gasteiger partial charge in [0.2, 0.25) is 11.2 Å². The van der Waals surface area contributed by atoms with Crippen molar-refractivity contribution in [3.8, 4) is 5.69 Å². The van der Waals surface area contributed by atoms with E-state index < -0.39 is 28.1 Å². The van der Waals surface area contributed by atoms with E-state index in [0.29, 0.717) is 9.40 Å². The molecular weight excluding hydrogens is 357 g/mol. The van der Waals surface area contributed by atoms with Gasteiger partial charge >= 0.3 is 6.18 Å². The molecule has 9 heteroatoms. The molecule has 1 aromatic carbocycles. The maximum Gasteiger partial charge on any atom is 0.449 e. The van der Waals surface area contributed by atoms with E-state index in [4.69, 9.17) is 0 Å². The Labute approximate surface area is 140 Å². The fourth-order valence-corrected chi connectivity index (χ4v) is 3.83. The smallest absolute Gasteiger partial charge is 0.449 e. The zero-order chi connectivity index (χ0) is 17.9. The number of pyridine rings is 2. The van der Waals surface area contributed by atoms with Gasteiger partial charge in [0.1, 0.15) is 5.22 Å². The molecular formula is C16H7F3N2O3S. The molecule has 5 nitrogen and oxygen atoms in total. The molecule has 2 aliphatic rings. The number of benzene rings is 1. The van der Waals surface area contributed by atoms with Gasteiger partial charge in [-0.3, -0.25) is 14.2 Å². The summed E-state index contributed by atoms with van der Waals surface area (Å²) < 4.78 is 40.8. The molecule has 0 aliphatic carbocycles. The summed E-state index contributed by atoms with van der Waals surface area (Å²) in [5, 5.41) is 8.09. The molecule has 2 aromatic rings. The number of nitrogens with zero attached hydrogens (tertiary/aromatic N) is 2. The number of fused-ring (bicyclic) bond motifs is 2. The second-order valence-electron chi connectivity index (χ2n) is 5.27. The first-order valence-electron chi connectivity index (χ1n) is 6.96. The molecule has 2 aliphatic heterocycles. The Hall–Kier alpha value is -2.94. The lowest BCUT2D eigenvalue weighted by molar-refractivity contribution is -0.0898. The van der Waals surface area contributed by atoms with Crippen molar-refractivity contribution in [2.45, 2.75) is 6.18 Å². The average Bonchev–Trinajstić information content (AvgIpc) is 2.57. The molecule has 0 amide bonds. The lowest BCUT2D eigenvalue weighted by Crippen LogP contribution is -2.48. The molecule has 0 fully saturated rings. The van der Waals surface area contributed by atoms with E-state index in [2.05, 4.69) is 4.98 Å². The third kappa shape index (κ3) is 2.12. The minimum atomic E-state index is -5.22. The highest BCUT2D eigenvalue weighted by atomic mass is 32.1. The maximum atomic E-state index is 12.9. The zero-order valence-corrected chi connectivity index (χ0v) is 13.0. The fraction of sp³-hybridized carbons (Fsp3) is 0.0625. The number of aliphatic hydroxyl groups excluding tert-OH is 1. The quantitative estimate of drug-likeness (QED) is 0.384. The van der Waals surface area contributed by atoms with E-state index in [0.717, 1.165) is 4.57 Å². The molecule has 1 N–H and O–H groups in total. The zero-order valence-electron chi connectivity index (χ0n) is 12.2. The van der Waals surface area contributed by atoms with Crippen molar-refractivity contribution in [1.29, 1.82) is 0 Å². The molecule has 3 heterocycles. The Morgan fingerprint density at radius 3 is 2.56 bits per heavy atom. The molecule has 1 aromatic heterocycles. The van der Waals surface area contributed by atoms with E-state index in [1.807, 2.05) is 0 Å². The summed E-state index contributed by atoms with van der Waals surface area (Å²) in [6.45, 7) is 0. The molecule has 0 atom stereocenters. The van der Waals surface area contributed by atoms with E-state index in [1.165, 1.54) is 29.7 Å². The van der Waals surface area contributed by atoms with Crippen LogP contribution in [0.4, 0.5) is 13.2 Å². The van der Waals surface area contributed by atoms with Gasteiger partial charge in [0, 0.05) is 11.6 Å². The standard InChI is InChI=1S/C16H7F3N2O3S/c17-16(18,19)13(23)10-12(22)7-3-1-4-8-11(7)21(15(10)24)14-9(25-8)5-2-6-20-14/h1-6,23H/b13-10+. The van der Waals surface area contributed by atoms with Crippen molar-refractivity contribution in [3.05, 3.63) is 62.3 Å². The van der Waals surface area contributed by atoms with Gasteiger partial charge in [-0.2, -0.15) is 13.2 Å². The summed E-state index contributed by atoms with van der Waals surface area (Å²) in [6, 6.07) is 7.78. The third-order valence-corrected chi connectivity index (χ3v) is 4.89. The van der Waals surface area contributed by atoms with Crippen LogP contribution in [0.2, 0.25) is 0 Å². The summed E-state index contributed by atoms with van der Waals surface area (Å²) in [7, 11) is 0. The summed E-state index contributed by atoms with van der Waals surface area (Å²) in [5.74, 6) is -2.20. The van der Waals surface area contributed by atoms with E-state index >= 15 is 0 Å². The second kappa shape index (κ2) is 5.03. The van der Waals surface area contributed by atoms with Crippen LogP contribution < -0.4 is 16.2 Å². The fourth-order valence-electron chi connectivity index (χ4n) is 2.76. The summed E-state index contributed by atoms with van der Waals surface area (Å²) in [5.41, 5.74) is -2.10.